The maximum absolute atomic E-state index is 13.4. The molecule has 0 heterocycles. The van der Waals surface area contributed by atoms with Gasteiger partial charge in [0, 0.05) is 18.7 Å². The van der Waals surface area contributed by atoms with Crippen molar-refractivity contribution in [3.8, 4) is 0 Å². The van der Waals surface area contributed by atoms with E-state index in [1.165, 1.54) is 6.07 Å². The molecule has 1 aromatic rings. The lowest BCUT2D eigenvalue weighted by atomic mass is 10.2. The van der Waals surface area contributed by atoms with Gasteiger partial charge < -0.3 is 5.11 Å². The van der Waals surface area contributed by atoms with Crippen molar-refractivity contribution < 1.29 is 14.3 Å². The largest absolute Gasteiger partial charge is 0.481 e. The Balaban J connectivity index is 2.59. The molecule has 0 aliphatic heterocycles. The molecule has 0 bridgehead atoms. The number of carboxylic acid groups (broad SMARTS) is 1. The van der Waals surface area contributed by atoms with Crippen LogP contribution in [0, 0.1) is 5.82 Å². The second kappa shape index (κ2) is 7.01. The lowest BCUT2D eigenvalue weighted by molar-refractivity contribution is -0.137. The van der Waals surface area contributed by atoms with Crippen LogP contribution < -0.4 is 0 Å². The van der Waals surface area contributed by atoms with Crippen molar-refractivity contribution in [2.45, 2.75) is 26.3 Å². The van der Waals surface area contributed by atoms with Gasteiger partial charge in [0.2, 0.25) is 0 Å². The zero-order valence-electron chi connectivity index (χ0n) is 10.0. The van der Waals surface area contributed by atoms with E-state index in [0.29, 0.717) is 18.7 Å². The van der Waals surface area contributed by atoms with Crippen molar-refractivity contribution in [1.29, 1.82) is 0 Å². The zero-order valence-corrected chi connectivity index (χ0v) is 10.0. The Morgan fingerprint density at radius 3 is 2.65 bits per heavy atom. The van der Waals surface area contributed by atoms with E-state index in [-0.39, 0.29) is 12.2 Å². The van der Waals surface area contributed by atoms with Crippen LogP contribution in [0.15, 0.2) is 24.3 Å². The molecule has 1 aromatic carbocycles. The van der Waals surface area contributed by atoms with E-state index in [2.05, 4.69) is 0 Å². The summed E-state index contributed by atoms with van der Waals surface area (Å²) in [7, 11) is 0. The number of halogens is 1. The molecule has 1 N–H and O–H groups in total. The molecule has 0 saturated heterocycles. The molecule has 0 aromatic heterocycles. The summed E-state index contributed by atoms with van der Waals surface area (Å²) in [6, 6.07) is 6.61. The van der Waals surface area contributed by atoms with E-state index in [4.69, 9.17) is 5.11 Å². The number of carbonyl (C=O) groups is 1. The van der Waals surface area contributed by atoms with E-state index in [0.717, 1.165) is 13.0 Å². The van der Waals surface area contributed by atoms with Gasteiger partial charge in [0.05, 0.1) is 6.42 Å². The van der Waals surface area contributed by atoms with Crippen LogP contribution >= 0.6 is 0 Å². The summed E-state index contributed by atoms with van der Waals surface area (Å²) in [6.07, 6.45) is 1.02. The van der Waals surface area contributed by atoms with Crippen molar-refractivity contribution in [1.82, 2.24) is 4.90 Å². The van der Waals surface area contributed by atoms with E-state index in [1.807, 2.05) is 11.8 Å². The number of aliphatic carboxylic acids is 1. The quantitative estimate of drug-likeness (QED) is 0.794. The minimum absolute atomic E-state index is 0.0917. The van der Waals surface area contributed by atoms with Crippen LogP contribution in [0.2, 0.25) is 0 Å². The number of carboxylic acids is 1. The number of rotatable bonds is 7. The van der Waals surface area contributed by atoms with Crippen molar-refractivity contribution in [2.24, 2.45) is 0 Å². The van der Waals surface area contributed by atoms with Gasteiger partial charge in [-0.25, -0.2) is 4.39 Å². The first-order valence-corrected chi connectivity index (χ1v) is 5.81. The van der Waals surface area contributed by atoms with Gasteiger partial charge in [-0.3, -0.25) is 9.69 Å². The molecular weight excluding hydrogens is 221 g/mol. The highest BCUT2D eigenvalue weighted by Crippen LogP contribution is 2.10. The molecule has 0 saturated carbocycles. The van der Waals surface area contributed by atoms with Crippen molar-refractivity contribution in [2.75, 3.05) is 13.1 Å². The molecule has 0 atom stereocenters. The zero-order chi connectivity index (χ0) is 12.7. The molecule has 0 spiro atoms. The average Bonchev–Trinajstić information content (AvgIpc) is 2.29. The van der Waals surface area contributed by atoms with Crippen LogP contribution in [0.3, 0.4) is 0 Å². The first-order chi connectivity index (χ1) is 8.13. The summed E-state index contributed by atoms with van der Waals surface area (Å²) in [5.74, 6) is -1.05. The van der Waals surface area contributed by atoms with Gasteiger partial charge in [0.25, 0.3) is 0 Å². The second-order valence-electron chi connectivity index (χ2n) is 4.01. The van der Waals surface area contributed by atoms with Crippen molar-refractivity contribution in [3.63, 3.8) is 0 Å². The SMILES string of the molecule is CCCN(CCC(=O)O)Cc1ccccc1F. The van der Waals surface area contributed by atoms with Crippen molar-refractivity contribution in [3.05, 3.63) is 35.6 Å². The smallest absolute Gasteiger partial charge is 0.304 e. The monoisotopic (exact) mass is 239 g/mol. The molecule has 3 nitrogen and oxygen atoms in total. The molecule has 0 aliphatic carbocycles. The Morgan fingerprint density at radius 2 is 2.06 bits per heavy atom. The minimum atomic E-state index is -0.820. The minimum Gasteiger partial charge on any atom is -0.481 e. The van der Waals surface area contributed by atoms with Gasteiger partial charge >= 0.3 is 5.97 Å². The van der Waals surface area contributed by atoms with Crippen LogP contribution in [0.4, 0.5) is 4.39 Å². The molecule has 0 amide bonds. The van der Waals surface area contributed by atoms with Gasteiger partial charge in [0.15, 0.2) is 0 Å². The molecule has 0 fully saturated rings. The number of benzene rings is 1. The summed E-state index contributed by atoms with van der Waals surface area (Å²) < 4.78 is 13.4. The Hall–Kier alpha value is -1.42. The fourth-order valence-electron chi connectivity index (χ4n) is 1.71. The molecular formula is C13H18FNO2. The lowest BCUT2D eigenvalue weighted by Gasteiger charge is -2.21. The summed E-state index contributed by atoms with van der Waals surface area (Å²) in [6.45, 7) is 3.72. The first-order valence-electron chi connectivity index (χ1n) is 5.81. The first kappa shape index (κ1) is 13.6. The van der Waals surface area contributed by atoms with E-state index in [1.54, 1.807) is 18.2 Å². The Labute approximate surface area is 101 Å². The maximum Gasteiger partial charge on any atom is 0.304 e. The summed E-state index contributed by atoms with van der Waals surface area (Å²) in [4.78, 5) is 12.5. The van der Waals surface area contributed by atoms with E-state index < -0.39 is 5.97 Å². The van der Waals surface area contributed by atoms with E-state index in [9.17, 15) is 9.18 Å². The predicted molar refractivity (Wildman–Crippen MR) is 64.2 cm³/mol. The maximum atomic E-state index is 13.4. The van der Waals surface area contributed by atoms with Gasteiger partial charge in [-0.15, -0.1) is 0 Å². The molecule has 4 heteroatoms. The topological polar surface area (TPSA) is 40.5 Å². The highest BCUT2D eigenvalue weighted by molar-refractivity contribution is 5.66. The summed E-state index contributed by atoms with van der Waals surface area (Å²) >= 11 is 0. The van der Waals surface area contributed by atoms with Crippen LogP contribution in [0.5, 0.6) is 0 Å². The van der Waals surface area contributed by atoms with Crippen LogP contribution in [0.25, 0.3) is 0 Å². The number of hydrogen-bond acceptors (Lipinski definition) is 2. The second-order valence-corrected chi connectivity index (χ2v) is 4.01. The summed E-state index contributed by atoms with van der Waals surface area (Å²) in [5.41, 5.74) is 0.617. The number of nitrogens with zero attached hydrogens (tertiary/aromatic N) is 1. The Kier molecular flexibility index (Phi) is 5.63. The molecule has 0 unspecified atom stereocenters. The third-order valence-corrected chi connectivity index (χ3v) is 2.53. The molecule has 0 radical (unpaired) electrons. The van der Waals surface area contributed by atoms with Gasteiger partial charge in [-0.1, -0.05) is 25.1 Å². The fourth-order valence-corrected chi connectivity index (χ4v) is 1.71. The standard InChI is InChI=1S/C13H18FNO2/c1-2-8-15(9-7-13(16)17)10-11-5-3-4-6-12(11)14/h3-6H,2,7-10H2,1H3,(H,16,17). The average molecular weight is 239 g/mol. The van der Waals surface area contributed by atoms with Gasteiger partial charge in [0.1, 0.15) is 5.82 Å². The Morgan fingerprint density at radius 1 is 1.35 bits per heavy atom. The molecule has 1 rings (SSSR count). The fraction of sp³-hybridized carbons (Fsp3) is 0.462. The van der Waals surface area contributed by atoms with Gasteiger partial charge in [-0.2, -0.15) is 0 Å². The van der Waals surface area contributed by atoms with Gasteiger partial charge in [-0.05, 0) is 19.0 Å². The number of hydrogen-bond donors (Lipinski definition) is 1. The van der Waals surface area contributed by atoms with E-state index >= 15 is 0 Å². The molecule has 17 heavy (non-hydrogen) atoms. The normalized spacial score (nSPS) is 10.8. The highest BCUT2D eigenvalue weighted by Gasteiger charge is 2.09. The molecule has 94 valence electrons. The van der Waals surface area contributed by atoms with Crippen LogP contribution in [-0.4, -0.2) is 29.1 Å². The third-order valence-electron chi connectivity index (χ3n) is 2.53. The predicted octanol–water partition coefficient (Wildman–Crippen LogP) is 2.51. The highest BCUT2D eigenvalue weighted by atomic mass is 19.1. The molecule has 0 aliphatic rings. The Bertz CT molecular complexity index is 368. The van der Waals surface area contributed by atoms with Crippen molar-refractivity contribution >= 4 is 5.97 Å². The summed E-state index contributed by atoms with van der Waals surface area (Å²) in [5, 5.41) is 8.65. The lowest BCUT2D eigenvalue weighted by Crippen LogP contribution is -2.27. The van der Waals surface area contributed by atoms with Crippen LogP contribution in [0.1, 0.15) is 25.3 Å². The third kappa shape index (κ3) is 4.95. The van der Waals surface area contributed by atoms with Crippen LogP contribution in [-0.2, 0) is 11.3 Å².